The van der Waals surface area contributed by atoms with Crippen molar-refractivity contribution < 1.29 is 9.47 Å². The molecule has 5 nitrogen and oxygen atoms in total. The fourth-order valence-corrected chi connectivity index (χ4v) is 3.54. The van der Waals surface area contributed by atoms with E-state index in [-0.39, 0.29) is 5.69 Å². The number of aromatic nitrogens is 2. The van der Waals surface area contributed by atoms with Crippen molar-refractivity contribution in [3.05, 3.63) is 36.2 Å². The molecule has 1 aromatic carbocycles. The zero-order valence-electron chi connectivity index (χ0n) is 20.8. The van der Waals surface area contributed by atoms with Crippen LogP contribution in [0.5, 0.6) is 11.6 Å². The Bertz CT molecular complexity index is 830. The standard InChI is InChI=1S/C28H41N3O2/c1-4-6-7-8-9-10-11-12-13-14-19-32-25-17-15-24(16-18-25)27-21-30-28(26(20-29)31-27)33-22-23(3)5-2/h15-18,21,23H,4-14,19,22H2,1-3H3/t23-/m0/s1. The summed E-state index contributed by atoms with van der Waals surface area (Å²) in [6.45, 7) is 7.76. The molecule has 0 aliphatic rings. The summed E-state index contributed by atoms with van der Waals surface area (Å²) in [7, 11) is 0. The van der Waals surface area contributed by atoms with Crippen LogP contribution in [0, 0.1) is 17.2 Å². The molecule has 0 unspecified atom stereocenters. The Hall–Kier alpha value is -2.61. The number of hydrogen-bond acceptors (Lipinski definition) is 5. The second kappa shape index (κ2) is 16.1. The highest BCUT2D eigenvalue weighted by molar-refractivity contribution is 5.60. The molecule has 0 fully saturated rings. The molecule has 2 rings (SSSR count). The molecule has 180 valence electrons. The molecule has 0 spiro atoms. The average molecular weight is 452 g/mol. The minimum atomic E-state index is 0.220. The van der Waals surface area contributed by atoms with Crippen molar-refractivity contribution in [2.75, 3.05) is 13.2 Å². The van der Waals surface area contributed by atoms with Gasteiger partial charge in [-0.15, -0.1) is 0 Å². The molecule has 0 radical (unpaired) electrons. The van der Waals surface area contributed by atoms with Gasteiger partial charge >= 0.3 is 0 Å². The molecule has 0 N–H and O–H groups in total. The summed E-state index contributed by atoms with van der Waals surface area (Å²) in [5.74, 6) is 1.57. The number of nitrogens with zero attached hydrogens (tertiary/aromatic N) is 3. The Kier molecular flexibility index (Phi) is 13.0. The van der Waals surface area contributed by atoms with Crippen molar-refractivity contribution in [2.45, 2.75) is 91.4 Å². The highest BCUT2D eigenvalue weighted by Gasteiger charge is 2.11. The average Bonchev–Trinajstić information content (AvgIpc) is 2.86. The van der Waals surface area contributed by atoms with E-state index in [0.717, 1.165) is 30.8 Å². The maximum Gasteiger partial charge on any atom is 0.251 e. The Balaban J connectivity index is 1.71. The molecule has 1 atom stereocenters. The summed E-state index contributed by atoms with van der Waals surface area (Å²) in [4.78, 5) is 8.76. The number of hydrogen-bond donors (Lipinski definition) is 0. The predicted molar refractivity (Wildman–Crippen MR) is 134 cm³/mol. The molecule has 33 heavy (non-hydrogen) atoms. The monoisotopic (exact) mass is 451 g/mol. The van der Waals surface area contributed by atoms with Gasteiger partial charge in [0.2, 0.25) is 5.69 Å². The first-order valence-electron chi connectivity index (χ1n) is 12.8. The van der Waals surface area contributed by atoms with Gasteiger partial charge in [-0.25, -0.2) is 9.97 Å². The molecular formula is C28H41N3O2. The fraction of sp³-hybridized carbons (Fsp3) is 0.607. The zero-order valence-corrected chi connectivity index (χ0v) is 20.8. The lowest BCUT2D eigenvalue weighted by Crippen LogP contribution is -2.10. The van der Waals surface area contributed by atoms with Gasteiger partial charge in [0.05, 0.1) is 25.1 Å². The maximum absolute atomic E-state index is 9.44. The maximum atomic E-state index is 9.44. The highest BCUT2D eigenvalue weighted by atomic mass is 16.5. The summed E-state index contributed by atoms with van der Waals surface area (Å²) in [6, 6.07) is 9.92. The Morgan fingerprint density at radius 3 is 2.12 bits per heavy atom. The number of benzene rings is 1. The molecule has 0 saturated carbocycles. The molecule has 0 saturated heterocycles. The number of unbranched alkanes of at least 4 members (excludes halogenated alkanes) is 9. The van der Waals surface area contributed by atoms with Crippen molar-refractivity contribution >= 4 is 0 Å². The molecule has 1 heterocycles. The van der Waals surface area contributed by atoms with Gasteiger partial charge in [0.25, 0.3) is 5.88 Å². The van der Waals surface area contributed by atoms with Crippen molar-refractivity contribution in [2.24, 2.45) is 5.92 Å². The van der Waals surface area contributed by atoms with E-state index in [0.29, 0.717) is 24.1 Å². The van der Waals surface area contributed by atoms with Gasteiger partial charge in [-0.3, -0.25) is 0 Å². The fourth-order valence-electron chi connectivity index (χ4n) is 3.54. The van der Waals surface area contributed by atoms with Crippen LogP contribution in [-0.2, 0) is 0 Å². The molecule has 5 heteroatoms. The smallest absolute Gasteiger partial charge is 0.251 e. The summed E-state index contributed by atoms with van der Waals surface area (Å²) in [5.41, 5.74) is 1.78. The normalized spacial score (nSPS) is 11.7. The number of nitriles is 1. The predicted octanol–water partition coefficient (Wildman–Crippen LogP) is 7.74. The summed E-state index contributed by atoms with van der Waals surface area (Å²) < 4.78 is 11.6. The largest absolute Gasteiger partial charge is 0.494 e. The number of rotatable bonds is 17. The van der Waals surface area contributed by atoms with Crippen molar-refractivity contribution in [3.8, 4) is 29.0 Å². The van der Waals surface area contributed by atoms with Gasteiger partial charge in [0.15, 0.2) is 0 Å². The minimum Gasteiger partial charge on any atom is -0.494 e. The molecule has 1 aromatic heterocycles. The first-order chi connectivity index (χ1) is 16.2. The molecule has 0 amide bonds. The van der Waals surface area contributed by atoms with Crippen LogP contribution in [-0.4, -0.2) is 23.2 Å². The summed E-state index contributed by atoms with van der Waals surface area (Å²) in [6.07, 6.45) is 15.9. The summed E-state index contributed by atoms with van der Waals surface area (Å²) in [5, 5.41) is 9.44. The highest BCUT2D eigenvalue weighted by Crippen LogP contribution is 2.23. The topological polar surface area (TPSA) is 68.0 Å². The third kappa shape index (κ3) is 10.2. The Labute approximate surface area is 200 Å². The van der Waals surface area contributed by atoms with Crippen LogP contribution in [0.1, 0.15) is 97.1 Å². The SMILES string of the molecule is CCCCCCCCCCCCOc1ccc(-c2cnc(OC[C@@H](C)CC)c(C#N)n2)cc1. The molecular weight excluding hydrogens is 410 g/mol. The lowest BCUT2D eigenvalue weighted by molar-refractivity contribution is 0.246. The van der Waals surface area contributed by atoms with Gasteiger partial charge in [-0.2, -0.15) is 5.26 Å². The first kappa shape index (κ1) is 26.6. The van der Waals surface area contributed by atoms with Crippen LogP contribution in [0.4, 0.5) is 0 Å². The first-order valence-corrected chi connectivity index (χ1v) is 12.8. The van der Waals surface area contributed by atoms with Crippen LogP contribution in [0.3, 0.4) is 0 Å². The second-order valence-corrected chi connectivity index (χ2v) is 8.90. The van der Waals surface area contributed by atoms with Crippen molar-refractivity contribution in [1.29, 1.82) is 5.26 Å². The number of ether oxygens (including phenoxy) is 2. The van der Waals surface area contributed by atoms with E-state index >= 15 is 0 Å². The van der Waals surface area contributed by atoms with E-state index in [1.807, 2.05) is 24.3 Å². The quantitative estimate of drug-likeness (QED) is 0.230. The van der Waals surface area contributed by atoms with E-state index in [1.54, 1.807) is 6.20 Å². The molecule has 0 aliphatic carbocycles. The minimum absolute atomic E-state index is 0.220. The zero-order chi connectivity index (χ0) is 23.7. The Morgan fingerprint density at radius 1 is 0.879 bits per heavy atom. The van der Waals surface area contributed by atoms with Crippen LogP contribution in [0.25, 0.3) is 11.3 Å². The van der Waals surface area contributed by atoms with Gasteiger partial charge in [0.1, 0.15) is 11.8 Å². The van der Waals surface area contributed by atoms with Gasteiger partial charge in [0, 0.05) is 5.56 Å². The van der Waals surface area contributed by atoms with Gasteiger partial charge in [-0.1, -0.05) is 85.0 Å². The molecule has 0 bridgehead atoms. The third-order valence-corrected chi connectivity index (χ3v) is 5.96. The van der Waals surface area contributed by atoms with Crippen LogP contribution < -0.4 is 9.47 Å². The lowest BCUT2D eigenvalue weighted by atomic mass is 10.1. The third-order valence-electron chi connectivity index (χ3n) is 5.96. The van der Waals surface area contributed by atoms with Crippen LogP contribution in [0.2, 0.25) is 0 Å². The van der Waals surface area contributed by atoms with E-state index < -0.39 is 0 Å². The van der Waals surface area contributed by atoms with Crippen LogP contribution in [0.15, 0.2) is 30.5 Å². The Morgan fingerprint density at radius 2 is 1.52 bits per heavy atom. The van der Waals surface area contributed by atoms with E-state index in [4.69, 9.17) is 9.47 Å². The molecule has 2 aromatic rings. The second-order valence-electron chi connectivity index (χ2n) is 8.90. The van der Waals surface area contributed by atoms with Crippen molar-refractivity contribution in [1.82, 2.24) is 9.97 Å². The molecule has 0 aliphatic heterocycles. The van der Waals surface area contributed by atoms with Gasteiger partial charge < -0.3 is 9.47 Å². The van der Waals surface area contributed by atoms with Crippen molar-refractivity contribution in [3.63, 3.8) is 0 Å². The summed E-state index contributed by atoms with van der Waals surface area (Å²) >= 11 is 0. The van der Waals surface area contributed by atoms with E-state index in [2.05, 4.69) is 36.8 Å². The van der Waals surface area contributed by atoms with E-state index in [1.165, 1.54) is 57.8 Å². The van der Waals surface area contributed by atoms with Crippen LogP contribution >= 0.6 is 0 Å². The van der Waals surface area contributed by atoms with E-state index in [9.17, 15) is 5.26 Å². The lowest BCUT2D eigenvalue weighted by Gasteiger charge is -2.11. The van der Waals surface area contributed by atoms with Gasteiger partial charge in [-0.05, 0) is 36.6 Å².